The van der Waals surface area contributed by atoms with Gasteiger partial charge in [0.2, 0.25) is 0 Å². The van der Waals surface area contributed by atoms with E-state index < -0.39 is 0 Å². The molecule has 0 saturated heterocycles. The molecule has 0 saturated carbocycles. The van der Waals surface area contributed by atoms with Crippen LogP contribution in [0, 0.1) is 0 Å². The van der Waals surface area contributed by atoms with E-state index in [-0.39, 0.29) is 0 Å². The van der Waals surface area contributed by atoms with Crippen molar-refractivity contribution in [2.24, 2.45) is 0 Å². The van der Waals surface area contributed by atoms with Gasteiger partial charge in [-0.3, -0.25) is 4.98 Å². The number of thioether (sulfide) groups is 1. The Balaban J connectivity index is 1.73. The number of hydrogen-bond donors (Lipinski definition) is 1. The minimum absolute atomic E-state index is 0.417. The molecule has 0 atom stereocenters. The first-order valence-corrected chi connectivity index (χ1v) is 7.01. The van der Waals surface area contributed by atoms with Gasteiger partial charge in [0.05, 0.1) is 17.4 Å². The van der Waals surface area contributed by atoms with Crippen molar-refractivity contribution in [1.29, 1.82) is 0 Å². The second-order valence-electron chi connectivity index (χ2n) is 4.11. The summed E-state index contributed by atoms with van der Waals surface area (Å²) in [6.07, 6.45) is 3.21. The molecule has 0 aliphatic rings. The Morgan fingerprint density at radius 2 is 1.95 bits per heavy atom. The van der Waals surface area contributed by atoms with Crippen LogP contribution in [0.2, 0.25) is 0 Å². The Hall–Kier alpha value is -2.34. The third kappa shape index (κ3) is 2.80. The minimum atomic E-state index is 0.417. The van der Waals surface area contributed by atoms with Gasteiger partial charge in [-0.1, -0.05) is 42.1 Å². The molecule has 0 unspecified atom stereocenters. The van der Waals surface area contributed by atoms with E-state index in [9.17, 15) is 0 Å². The van der Waals surface area contributed by atoms with Gasteiger partial charge in [-0.05, 0) is 11.6 Å². The van der Waals surface area contributed by atoms with Crippen molar-refractivity contribution in [2.45, 2.75) is 11.0 Å². The largest absolute Gasteiger partial charge is 0.411 e. The summed E-state index contributed by atoms with van der Waals surface area (Å²) < 4.78 is 5.61. The lowest BCUT2D eigenvalue weighted by atomic mass is 10.2. The highest BCUT2D eigenvalue weighted by molar-refractivity contribution is 7.98. The molecule has 0 radical (unpaired) electrons. The highest BCUT2D eigenvalue weighted by Crippen LogP contribution is 2.27. The van der Waals surface area contributed by atoms with E-state index in [1.54, 1.807) is 18.5 Å². The average Bonchev–Trinajstić information content (AvgIpc) is 2.95. The molecule has 2 N–H and O–H groups in total. The Morgan fingerprint density at radius 1 is 1.10 bits per heavy atom. The van der Waals surface area contributed by atoms with E-state index in [4.69, 9.17) is 10.2 Å². The van der Waals surface area contributed by atoms with Crippen LogP contribution in [0.5, 0.6) is 0 Å². The summed E-state index contributed by atoms with van der Waals surface area (Å²) in [5.41, 5.74) is 8.27. The van der Waals surface area contributed by atoms with E-state index in [1.165, 1.54) is 17.3 Å². The van der Waals surface area contributed by atoms with Gasteiger partial charge in [0.25, 0.3) is 11.1 Å². The molecule has 0 aliphatic heterocycles. The number of hydrogen-bond acceptors (Lipinski definition) is 6. The van der Waals surface area contributed by atoms with E-state index in [0.29, 0.717) is 22.4 Å². The summed E-state index contributed by atoms with van der Waals surface area (Å²) >= 11 is 1.50. The Morgan fingerprint density at radius 3 is 2.75 bits per heavy atom. The summed E-state index contributed by atoms with van der Waals surface area (Å²) in [7, 11) is 0. The van der Waals surface area contributed by atoms with Crippen LogP contribution in [0.3, 0.4) is 0 Å². The van der Waals surface area contributed by atoms with Crippen LogP contribution >= 0.6 is 11.8 Å². The Kier molecular flexibility index (Phi) is 3.64. The van der Waals surface area contributed by atoms with Crippen LogP contribution in [-0.2, 0) is 5.75 Å². The lowest BCUT2D eigenvalue weighted by Crippen LogP contribution is -1.90. The molecular formula is C14H12N4OS. The van der Waals surface area contributed by atoms with Crippen LogP contribution in [0.4, 0.5) is 5.69 Å². The van der Waals surface area contributed by atoms with Gasteiger partial charge in [-0.2, -0.15) is 0 Å². The maximum absolute atomic E-state index is 5.83. The third-order valence-corrected chi connectivity index (χ3v) is 3.58. The molecule has 3 aromatic rings. The van der Waals surface area contributed by atoms with Gasteiger partial charge in [0.1, 0.15) is 0 Å². The first-order valence-electron chi connectivity index (χ1n) is 6.03. The second-order valence-corrected chi connectivity index (χ2v) is 5.04. The van der Waals surface area contributed by atoms with E-state index in [1.807, 2.05) is 18.2 Å². The average molecular weight is 284 g/mol. The normalized spacial score (nSPS) is 10.6. The molecule has 5 nitrogen and oxygen atoms in total. The second kappa shape index (κ2) is 5.75. The molecule has 6 heteroatoms. The third-order valence-electron chi connectivity index (χ3n) is 2.69. The molecule has 2 aromatic heterocycles. The lowest BCUT2D eigenvalue weighted by Gasteiger charge is -1.98. The van der Waals surface area contributed by atoms with Crippen molar-refractivity contribution < 1.29 is 4.42 Å². The lowest BCUT2D eigenvalue weighted by molar-refractivity contribution is 0.466. The molecule has 0 fully saturated rings. The Bertz CT molecular complexity index is 699. The van der Waals surface area contributed by atoms with Crippen LogP contribution in [0.1, 0.15) is 5.56 Å². The summed E-state index contributed by atoms with van der Waals surface area (Å²) in [5, 5.41) is 8.56. The summed E-state index contributed by atoms with van der Waals surface area (Å²) in [4.78, 5) is 3.93. The first-order chi connectivity index (χ1) is 9.83. The summed E-state index contributed by atoms with van der Waals surface area (Å²) in [6, 6.07) is 11.9. The monoisotopic (exact) mass is 284 g/mol. The smallest absolute Gasteiger partial charge is 0.277 e. The topological polar surface area (TPSA) is 77.8 Å². The van der Waals surface area contributed by atoms with Crippen LogP contribution in [0.15, 0.2) is 58.4 Å². The molecule has 1 aromatic carbocycles. The number of benzene rings is 1. The molecule has 3 rings (SSSR count). The summed E-state index contributed by atoms with van der Waals surface area (Å²) in [6.45, 7) is 0. The zero-order valence-electron chi connectivity index (χ0n) is 10.6. The molecule has 0 spiro atoms. The van der Waals surface area contributed by atoms with Crippen molar-refractivity contribution in [1.82, 2.24) is 15.2 Å². The van der Waals surface area contributed by atoms with Crippen LogP contribution in [0.25, 0.3) is 11.5 Å². The quantitative estimate of drug-likeness (QED) is 0.742. The molecule has 0 amide bonds. The van der Waals surface area contributed by atoms with Gasteiger partial charge >= 0.3 is 0 Å². The van der Waals surface area contributed by atoms with E-state index in [2.05, 4.69) is 27.3 Å². The number of anilines is 1. The van der Waals surface area contributed by atoms with Crippen LogP contribution < -0.4 is 5.73 Å². The molecule has 2 heterocycles. The van der Waals surface area contributed by atoms with E-state index >= 15 is 0 Å². The fraction of sp³-hybridized carbons (Fsp3) is 0.0714. The van der Waals surface area contributed by atoms with Crippen LogP contribution in [-0.4, -0.2) is 15.2 Å². The standard InChI is InChI=1S/C14H12N4OS/c15-12-8-16-7-6-11(12)13-17-18-14(19-13)20-9-10-4-2-1-3-5-10/h1-8H,9,15H2. The number of nitrogen functional groups attached to an aromatic ring is 1. The number of nitrogens with two attached hydrogens (primary N) is 1. The number of pyridine rings is 1. The number of nitrogens with zero attached hydrogens (tertiary/aromatic N) is 3. The SMILES string of the molecule is Nc1cnccc1-c1nnc(SCc2ccccc2)o1. The highest BCUT2D eigenvalue weighted by Gasteiger charge is 2.11. The minimum Gasteiger partial charge on any atom is -0.411 e. The fourth-order valence-electron chi connectivity index (χ4n) is 1.70. The maximum Gasteiger partial charge on any atom is 0.277 e. The first kappa shape index (κ1) is 12.7. The molecule has 0 bridgehead atoms. The van der Waals surface area contributed by atoms with Gasteiger partial charge in [-0.25, -0.2) is 0 Å². The predicted molar refractivity (Wildman–Crippen MR) is 77.9 cm³/mol. The zero-order chi connectivity index (χ0) is 13.8. The molecule has 100 valence electrons. The summed E-state index contributed by atoms with van der Waals surface area (Å²) in [5.74, 6) is 1.20. The van der Waals surface area contributed by atoms with Crippen molar-refractivity contribution in [3.05, 3.63) is 54.4 Å². The Labute approximate surface area is 120 Å². The van der Waals surface area contributed by atoms with Gasteiger partial charge < -0.3 is 10.2 Å². The number of aromatic nitrogens is 3. The zero-order valence-corrected chi connectivity index (χ0v) is 11.4. The van der Waals surface area contributed by atoms with Crippen molar-refractivity contribution in [3.8, 4) is 11.5 Å². The van der Waals surface area contributed by atoms with Gasteiger partial charge in [0, 0.05) is 11.9 Å². The fourth-order valence-corrected chi connectivity index (χ4v) is 2.42. The van der Waals surface area contributed by atoms with Gasteiger partial charge in [0.15, 0.2) is 0 Å². The molecular weight excluding hydrogens is 272 g/mol. The highest BCUT2D eigenvalue weighted by atomic mass is 32.2. The van der Waals surface area contributed by atoms with Crippen molar-refractivity contribution in [3.63, 3.8) is 0 Å². The van der Waals surface area contributed by atoms with E-state index in [0.717, 1.165) is 5.75 Å². The predicted octanol–water partition coefficient (Wildman–Crippen LogP) is 3.01. The maximum atomic E-state index is 5.83. The van der Waals surface area contributed by atoms with Gasteiger partial charge in [-0.15, -0.1) is 10.2 Å². The molecule has 0 aliphatic carbocycles. The molecule has 20 heavy (non-hydrogen) atoms. The van der Waals surface area contributed by atoms with Crippen molar-refractivity contribution in [2.75, 3.05) is 5.73 Å². The van der Waals surface area contributed by atoms with Crippen molar-refractivity contribution >= 4 is 17.4 Å². The number of rotatable bonds is 4.